The summed E-state index contributed by atoms with van der Waals surface area (Å²) in [5.74, 6) is -0.640. The second-order valence-electron chi connectivity index (χ2n) is 6.52. The van der Waals surface area contributed by atoms with Gasteiger partial charge in [-0.1, -0.05) is 12.1 Å². The average Bonchev–Trinajstić information content (AvgIpc) is 3.28. The SMILES string of the molecule is O=C1c2ccccc2C(=O)N1CCO.O=c1ccn(C2CCC(CO)O2)c(=O)[nH]1. The zero-order chi connectivity index (χ0) is 21.0. The summed E-state index contributed by atoms with van der Waals surface area (Å²) >= 11 is 0. The summed E-state index contributed by atoms with van der Waals surface area (Å²) in [7, 11) is 0. The van der Waals surface area contributed by atoms with E-state index in [0.717, 1.165) is 4.90 Å². The molecular formula is C19H21N3O7. The highest BCUT2D eigenvalue weighted by molar-refractivity contribution is 6.21. The number of nitrogens with one attached hydrogen (secondary N) is 1. The van der Waals surface area contributed by atoms with E-state index in [2.05, 4.69) is 4.98 Å². The van der Waals surface area contributed by atoms with Crippen LogP contribution in [0.15, 0.2) is 46.1 Å². The van der Waals surface area contributed by atoms with Crippen LogP contribution in [0.5, 0.6) is 0 Å². The van der Waals surface area contributed by atoms with Crippen LogP contribution < -0.4 is 11.2 Å². The van der Waals surface area contributed by atoms with E-state index < -0.39 is 11.2 Å². The summed E-state index contributed by atoms with van der Waals surface area (Å²) in [6, 6.07) is 7.94. The van der Waals surface area contributed by atoms with Gasteiger partial charge in [0.15, 0.2) is 0 Å². The van der Waals surface area contributed by atoms with Crippen molar-refractivity contribution in [3.05, 3.63) is 68.5 Å². The van der Waals surface area contributed by atoms with Crippen LogP contribution in [-0.4, -0.2) is 62.3 Å². The summed E-state index contributed by atoms with van der Waals surface area (Å²) < 4.78 is 6.74. The van der Waals surface area contributed by atoms with E-state index in [1.54, 1.807) is 24.3 Å². The number of benzene rings is 1. The number of ether oxygens (including phenoxy) is 1. The van der Waals surface area contributed by atoms with Gasteiger partial charge in [0.05, 0.1) is 37.0 Å². The summed E-state index contributed by atoms with van der Waals surface area (Å²) in [5.41, 5.74) is -0.0593. The molecule has 4 rings (SSSR count). The minimum absolute atomic E-state index is 0.0470. The van der Waals surface area contributed by atoms with E-state index in [0.29, 0.717) is 24.0 Å². The van der Waals surface area contributed by atoms with Crippen molar-refractivity contribution in [2.45, 2.75) is 25.2 Å². The molecule has 10 heteroatoms. The fourth-order valence-corrected chi connectivity index (χ4v) is 3.22. The fourth-order valence-electron chi connectivity index (χ4n) is 3.22. The Morgan fingerprint density at radius 1 is 1.00 bits per heavy atom. The number of nitrogens with zero attached hydrogens (tertiary/aromatic N) is 2. The molecule has 0 aliphatic carbocycles. The molecule has 3 heterocycles. The molecule has 10 nitrogen and oxygen atoms in total. The Kier molecular flexibility index (Phi) is 6.37. The zero-order valence-electron chi connectivity index (χ0n) is 15.5. The fraction of sp³-hybridized carbons (Fsp3) is 0.368. The number of rotatable bonds is 4. The zero-order valence-corrected chi connectivity index (χ0v) is 15.5. The van der Waals surface area contributed by atoms with Crippen molar-refractivity contribution in [1.29, 1.82) is 0 Å². The Morgan fingerprint density at radius 2 is 1.66 bits per heavy atom. The van der Waals surface area contributed by atoms with Crippen LogP contribution in [0.1, 0.15) is 39.8 Å². The summed E-state index contributed by atoms with van der Waals surface area (Å²) in [5, 5.41) is 17.6. The molecule has 2 amide bonds. The van der Waals surface area contributed by atoms with Crippen molar-refractivity contribution in [3.63, 3.8) is 0 Å². The minimum atomic E-state index is -0.480. The number of fused-ring (bicyclic) bond motifs is 1. The molecule has 0 saturated carbocycles. The maximum atomic E-state index is 11.6. The predicted molar refractivity (Wildman–Crippen MR) is 100 cm³/mol. The van der Waals surface area contributed by atoms with E-state index in [9.17, 15) is 19.2 Å². The van der Waals surface area contributed by atoms with Gasteiger partial charge in [0.1, 0.15) is 6.23 Å². The average molecular weight is 403 g/mol. The number of aliphatic hydroxyl groups excluding tert-OH is 2. The number of amides is 2. The number of carbonyl (C=O) groups excluding carboxylic acids is 2. The predicted octanol–water partition coefficient (Wildman–Crippen LogP) is -0.519. The van der Waals surface area contributed by atoms with Gasteiger partial charge in [-0.25, -0.2) is 4.79 Å². The van der Waals surface area contributed by atoms with Crippen LogP contribution in [-0.2, 0) is 4.74 Å². The molecule has 3 N–H and O–H groups in total. The second kappa shape index (κ2) is 8.95. The minimum Gasteiger partial charge on any atom is -0.395 e. The molecule has 1 fully saturated rings. The van der Waals surface area contributed by atoms with Crippen molar-refractivity contribution in [3.8, 4) is 0 Å². The molecular weight excluding hydrogens is 382 g/mol. The molecule has 2 aliphatic heterocycles. The Labute approximate surface area is 165 Å². The molecule has 29 heavy (non-hydrogen) atoms. The number of hydrogen-bond donors (Lipinski definition) is 3. The van der Waals surface area contributed by atoms with Crippen molar-refractivity contribution in [1.82, 2.24) is 14.5 Å². The Morgan fingerprint density at radius 3 is 2.17 bits per heavy atom. The number of aliphatic hydroxyl groups is 2. The summed E-state index contributed by atoms with van der Waals surface area (Å²) in [6.07, 6.45) is 2.19. The van der Waals surface area contributed by atoms with Gasteiger partial charge in [-0.2, -0.15) is 0 Å². The molecule has 2 aliphatic rings. The quantitative estimate of drug-likeness (QED) is 0.583. The van der Waals surface area contributed by atoms with E-state index in [1.165, 1.54) is 16.8 Å². The number of β-amino-alcohol motifs (C(OH)–C–C–N with tert-alkyl or cyclic N) is 1. The number of carbonyl (C=O) groups is 2. The smallest absolute Gasteiger partial charge is 0.330 e. The first-order chi connectivity index (χ1) is 14.0. The first kappa shape index (κ1) is 20.6. The van der Waals surface area contributed by atoms with Crippen LogP contribution in [0.4, 0.5) is 0 Å². The van der Waals surface area contributed by atoms with Crippen molar-refractivity contribution in [2.24, 2.45) is 0 Å². The molecule has 2 atom stereocenters. The van der Waals surface area contributed by atoms with Crippen LogP contribution in [0.25, 0.3) is 0 Å². The topological polar surface area (TPSA) is 142 Å². The van der Waals surface area contributed by atoms with Crippen molar-refractivity contribution in [2.75, 3.05) is 19.8 Å². The Bertz CT molecular complexity index is 978. The van der Waals surface area contributed by atoms with Crippen LogP contribution in [0.3, 0.4) is 0 Å². The lowest BCUT2D eigenvalue weighted by atomic mass is 10.1. The van der Waals surface area contributed by atoms with Gasteiger partial charge in [0.2, 0.25) is 0 Å². The number of imide groups is 1. The highest BCUT2D eigenvalue weighted by Gasteiger charge is 2.34. The molecule has 154 valence electrons. The second-order valence-corrected chi connectivity index (χ2v) is 6.52. The first-order valence-electron chi connectivity index (χ1n) is 9.10. The van der Waals surface area contributed by atoms with Gasteiger partial charge in [-0.15, -0.1) is 0 Å². The van der Waals surface area contributed by atoms with Crippen molar-refractivity contribution < 1.29 is 24.5 Å². The third-order valence-corrected chi connectivity index (χ3v) is 4.65. The van der Waals surface area contributed by atoms with Gasteiger partial charge < -0.3 is 14.9 Å². The van der Waals surface area contributed by atoms with E-state index in [4.69, 9.17) is 14.9 Å². The van der Waals surface area contributed by atoms with E-state index >= 15 is 0 Å². The first-order valence-corrected chi connectivity index (χ1v) is 9.10. The largest absolute Gasteiger partial charge is 0.395 e. The van der Waals surface area contributed by atoms with Crippen LogP contribution in [0, 0.1) is 0 Å². The van der Waals surface area contributed by atoms with Gasteiger partial charge in [-0.05, 0) is 25.0 Å². The van der Waals surface area contributed by atoms with Gasteiger partial charge in [0, 0.05) is 12.3 Å². The summed E-state index contributed by atoms with van der Waals surface area (Å²) in [6.45, 7) is -0.188. The monoisotopic (exact) mass is 403 g/mol. The highest BCUT2D eigenvalue weighted by Crippen LogP contribution is 2.26. The standard InChI is InChI=1S/C10H9NO3.C9H12N2O4/c12-6-5-11-9(13)7-3-1-2-4-8(7)10(11)14;12-5-6-1-2-8(15-6)11-4-3-7(13)10-9(11)14/h1-4,12H,5-6H2;3-4,6,8,12H,1-2,5H2,(H,10,13,14). The van der Waals surface area contributed by atoms with Crippen LogP contribution in [0.2, 0.25) is 0 Å². The van der Waals surface area contributed by atoms with E-state index in [1.807, 2.05) is 0 Å². The Hall–Kier alpha value is -3.08. The third-order valence-electron chi connectivity index (χ3n) is 4.65. The summed E-state index contributed by atoms with van der Waals surface area (Å²) in [4.78, 5) is 48.6. The normalized spacial score (nSPS) is 20.4. The Balaban J connectivity index is 0.000000166. The van der Waals surface area contributed by atoms with Gasteiger partial charge in [-0.3, -0.25) is 28.8 Å². The van der Waals surface area contributed by atoms with Gasteiger partial charge in [0.25, 0.3) is 17.4 Å². The third kappa shape index (κ3) is 4.34. The van der Waals surface area contributed by atoms with Crippen molar-refractivity contribution >= 4 is 11.8 Å². The van der Waals surface area contributed by atoms with Crippen LogP contribution >= 0.6 is 0 Å². The molecule has 0 bridgehead atoms. The number of hydrogen-bond acceptors (Lipinski definition) is 7. The molecule has 0 radical (unpaired) electrons. The molecule has 2 aromatic rings. The maximum Gasteiger partial charge on any atom is 0.330 e. The molecule has 1 aromatic carbocycles. The number of H-pyrrole nitrogens is 1. The molecule has 1 saturated heterocycles. The number of aromatic nitrogens is 2. The molecule has 0 spiro atoms. The lowest BCUT2D eigenvalue weighted by Gasteiger charge is -2.13. The number of aromatic amines is 1. The highest BCUT2D eigenvalue weighted by atomic mass is 16.5. The molecule has 2 unspecified atom stereocenters. The van der Waals surface area contributed by atoms with Gasteiger partial charge >= 0.3 is 5.69 Å². The van der Waals surface area contributed by atoms with E-state index in [-0.39, 0.29) is 43.9 Å². The lowest BCUT2D eigenvalue weighted by molar-refractivity contribution is -0.0246. The maximum absolute atomic E-state index is 11.6. The molecule has 1 aromatic heterocycles. The lowest BCUT2D eigenvalue weighted by Crippen LogP contribution is -2.32.